The van der Waals surface area contributed by atoms with Gasteiger partial charge in [0.1, 0.15) is 5.01 Å². The Bertz CT molecular complexity index is 844. The van der Waals surface area contributed by atoms with Crippen molar-refractivity contribution in [2.45, 2.75) is 6.54 Å². The van der Waals surface area contributed by atoms with Crippen LogP contribution in [0.1, 0.15) is 5.01 Å². The molecule has 5 heteroatoms. The number of benzene rings is 2. The summed E-state index contributed by atoms with van der Waals surface area (Å²) in [6, 6.07) is 16.5. The van der Waals surface area contributed by atoms with Gasteiger partial charge in [-0.15, -0.1) is 11.3 Å². The van der Waals surface area contributed by atoms with E-state index in [-0.39, 0.29) is 0 Å². The summed E-state index contributed by atoms with van der Waals surface area (Å²) in [6.07, 6.45) is 0. The van der Waals surface area contributed by atoms with Gasteiger partial charge in [-0.2, -0.15) is 0 Å². The molecule has 0 atom stereocenters. The van der Waals surface area contributed by atoms with Gasteiger partial charge < -0.3 is 4.90 Å². The van der Waals surface area contributed by atoms with Crippen molar-refractivity contribution < 1.29 is 0 Å². The van der Waals surface area contributed by atoms with Crippen LogP contribution in [0.2, 0.25) is 0 Å². The predicted octanol–water partition coefficient (Wildman–Crippen LogP) is 4.54. The maximum Gasteiger partial charge on any atom is 0.186 e. The molecule has 0 aliphatic carbocycles. The predicted molar refractivity (Wildman–Crippen MR) is 91.3 cm³/mol. The van der Waals surface area contributed by atoms with E-state index in [2.05, 4.69) is 58.3 Å². The summed E-state index contributed by atoms with van der Waals surface area (Å²) in [5, 5.41) is 2.16. The molecule has 0 saturated carbocycles. The van der Waals surface area contributed by atoms with E-state index in [1.165, 1.54) is 9.40 Å². The Labute approximate surface area is 130 Å². The summed E-state index contributed by atoms with van der Waals surface area (Å²) in [7, 11) is 2.07. The molecule has 0 aliphatic heterocycles. The van der Waals surface area contributed by atoms with E-state index in [0.29, 0.717) is 0 Å². The van der Waals surface area contributed by atoms with E-state index in [1.54, 1.807) is 22.7 Å². The van der Waals surface area contributed by atoms with Crippen LogP contribution in [0, 0.1) is 0 Å². The SMILES string of the molecule is CN(Cc1nc2ccccc2s1)c1nc2ccccc2s1. The van der Waals surface area contributed by atoms with Gasteiger partial charge in [-0.25, -0.2) is 9.97 Å². The molecule has 0 N–H and O–H groups in total. The van der Waals surface area contributed by atoms with Gasteiger partial charge in [0.25, 0.3) is 0 Å². The molecule has 0 saturated heterocycles. The second-order valence-electron chi connectivity index (χ2n) is 4.90. The Balaban J connectivity index is 1.63. The smallest absolute Gasteiger partial charge is 0.186 e. The van der Waals surface area contributed by atoms with Gasteiger partial charge >= 0.3 is 0 Å². The van der Waals surface area contributed by atoms with E-state index in [0.717, 1.165) is 27.7 Å². The normalized spacial score (nSPS) is 11.3. The van der Waals surface area contributed by atoms with E-state index in [9.17, 15) is 0 Å². The molecule has 4 aromatic rings. The molecule has 0 bridgehead atoms. The molecular formula is C16H13N3S2. The van der Waals surface area contributed by atoms with Crippen molar-refractivity contribution in [2.24, 2.45) is 0 Å². The van der Waals surface area contributed by atoms with Gasteiger partial charge in [0.2, 0.25) is 0 Å². The minimum Gasteiger partial charge on any atom is -0.344 e. The lowest BCUT2D eigenvalue weighted by molar-refractivity contribution is 0.909. The zero-order chi connectivity index (χ0) is 14.2. The summed E-state index contributed by atoms with van der Waals surface area (Å²) in [5.41, 5.74) is 2.14. The lowest BCUT2D eigenvalue weighted by atomic mass is 10.3. The third-order valence-corrected chi connectivity index (χ3v) is 5.49. The van der Waals surface area contributed by atoms with E-state index >= 15 is 0 Å². The van der Waals surface area contributed by atoms with Crippen LogP contribution in [0.15, 0.2) is 48.5 Å². The van der Waals surface area contributed by atoms with Crippen LogP contribution >= 0.6 is 22.7 Å². The maximum atomic E-state index is 4.69. The molecule has 2 aromatic heterocycles. The average Bonchev–Trinajstić information content (AvgIpc) is 3.10. The van der Waals surface area contributed by atoms with Crippen LogP contribution in [0.25, 0.3) is 20.4 Å². The van der Waals surface area contributed by atoms with E-state index in [1.807, 2.05) is 12.1 Å². The highest BCUT2D eigenvalue weighted by Crippen LogP contribution is 2.30. The first-order valence-electron chi connectivity index (χ1n) is 6.71. The topological polar surface area (TPSA) is 29.0 Å². The van der Waals surface area contributed by atoms with Crippen molar-refractivity contribution in [2.75, 3.05) is 11.9 Å². The summed E-state index contributed by atoms with van der Waals surface area (Å²) >= 11 is 3.47. The van der Waals surface area contributed by atoms with Crippen LogP contribution in [-0.4, -0.2) is 17.0 Å². The van der Waals surface area contributed by atoms with Gasteiger partial charge in [-0.05, 0) is 24.3 Å². The number of para-hydroxylation sites is 2. The Morgan fingerprint density at radius 2 is 1.48 bits per heavy atom. The van der Waals surface area contributed by atoms with Crippen molar-refractivity contribution in [3.05, 3.63) is 53.5 Å². The summed E-state index contributed by atoms with van der Waals surface area (Å²) in [5.74, 6) is 0. The molecular weight excluding hydrogens is 298 g/mol. The van der Waals surface area contributed by atoms with Gasteiger partial charge in [0, 0.05) is 7.05 Å². The highest BCUT2D eigenvalue weighted by atomic mass is 32.1. The molecule has 3 nitrogen and oxygen atoms in total. The number of aromatic nitrogens is 2. The molecule has 2 heterocycles. The molecule has 0 amide bonds. The van der Waals surface area contributed by atoms with Crippen LogP contribution in [0.3, 0.4) is 0 Å². The Hall–Kier alpha value is -1.98. The fourth-order valence-corrected chi connectivity index (χ4v) is 4.23. The zero-order valence-corrected chi connectivity index (χ0v) is 13.1. The molecule has 2 aromatic carbocycles. The highest BCUT2D eigenvalue weighted by molar-refractivity contribution is 7.22. The van der Waals surface area contributed by atoms with E-state index in [4.69, 9.17) is 0 Å². The summed E-state index contributed by atoms with van der Waals surface area (Å²) < 4.78 is 2.47. The first kappa shape index (κ1) is 12.7. The fourth-order valence-electron chi connectivity index (χ4n) is 2.28. The Morgan fingerprint density at radius 3 is 2.14 bits per heavy atom. The van der Waals surface area contributed by atoms with Crippen LogP contribution in [-0.2, 0) is 6.54 Å². The molecule has 104 valence electrons. The quantitative estimate of drug-likeness (QED) is 0.556. The third-order valence-electron chi connectivity index (χ3n) is 3.32. The second kappa shape index (κ2) is 5.09. The van der Waals surface area contributed by atoms with Crippen LogP contribution in [0.5, 0.6) is 0 Å². The maximum absolute atomic E-state index is 4.69. The monoisotopic (exact) mass is 311 g/mol. The number of thiazole rings is 2. The van der Waals surface area contributed by atoms with Gasteiger partial charge in [-0.1, -0.05) is 35.6 Å². The number of fused-ring (bicyclic) bond motifs is 2. The first-order chi connectivity index (χ1) is 10.3. The van der Waals surface area contributed by atoms with Crippen LogP contribution < -0.4 is 4.90 Å². The van der Waals surface area contributed by atoms with Crippen molar-refractivity contribution >= 4 is 48.2 Å². The molecule has 0 fully saturated rings. The van der Waals surface area contributed by atoms with E-state index < -0.39 is 0 Å². The summed E-state index contributed by atoms with van der Waals surface area (Å²) in [4.78, 5) is 11.5. The Kier molecular flexibility index (Phi) is 3.09. The van der Waals surface area contributed by atoms with Crippen molar-refractivity contribution in [1.29, 1.82) is 0 Å². The lowest BCUT2D eigenvalue weighted by Crippen LogP contribution is -2.15. The summed E-state index contributed by atoms with van der Waals surface area (Å²) in [6.45, 7) is 0.791. The standard InChI is InChI=1S/C16H13N3S2/c1-19(16-18-12-7-3-5-9-14(12)21-16)10-15-17-11-6-2-4-8-13(11)20-15/h2-9H,10H2,1H3. The van der Waals surface area contributed by atoms with Gasteiger partial charge in [0.15, 0.2) is 5.13 Å². The van der Waals surface area contributed by atoms with Gasteiger partial charge in [0.05, 0.1) is 27.0 Å². The van der Waals surface area contributed by atoms with Crippen molar-refractivity contribution in [1.82, 2.24) is 9.97 Å². The minimum absolute atomic E-state index is 0.791. The molecule has 0 spiro atoms. The average molecular weight is 311 g/mol. The number of hydrogen-bond donors (Lipinski definition) is 0. The number of hydrogen-bond acceptors (Lipinski definition) is 5. The molecule has 0 unspecified atom stereocenters. The molecule has 0 radical (unpaired) electrons. The van der Waals surface area contributed by atoms with Crippen molar-refractivity contribution in [3.8, 4) is 0 Å². The van der Waals surface area contributed by atoms with Crippen LogP contribution in [0.4, 0.5) is 5.13 Å². The zero-order valence-electron chi connectivity index (χ0n) is 11.5. The fraction of sp³-hybridized carbons (Fsp3) is 0.125. The van der Waals surface area contributed by atoms with Gasteiger partial charge in [-0.3, -0.25) is 0 Å². The molecule has 4 rings (SSSR count). The Morgan fingerprint density at radius 1 is 0.857 bits per heavy atom. The highest BCUT2D eigenvalue weighted by Gasteiger charge is 2.11. The molecule has 21 heavy (non-hydrogen) atoms. The van der Waals surface area contributed by atoms with Crippen molar-refractivity contribution in [3.63, 3.8) is 0 Å². The second-order valence-corrected chi connectivity index (χ2v) is 7.02. The minimum atomic E-state index is 0.791. The largest absolute Gasteiger partial charge is 0.344 e. The third kappa shape index (κ3) is 2.39. The number of nitrogens with zero attached hydrogens (tertiary/aromatic N) is 3. The number of rotatable bonds is 3. The first-order valence-corrected chi connectivity index (χ1v) is 8.34. The lowest BCUT2D eigenvalue weighted by Gasteiger charge is -2.13. The number of anilines is 1. The molecule has 0 aliphatic rings.